The first-order valence-corrected chi connectivity index (χ1v) is 6.86. The fraction of sp³-hybridized carbons (Fsp3) is 0.923. The third-order valence-electron chi connectivity index (χ3n) is 4.42. The third kappa shape index (κ3) is 2.99. The van der Waals surface area contributed by atoms with Gasteiger partial charge in [0, 0.05) is 12.6 Å². The molecule has 1 saturated carbocycles. The van der Waals surface area contributed by atoms with E-state index < -0.39 is 12.0 Å². The average molecular weight is 240 g/mol. The molecular weight excluding hydrogens is 216 g/mol. The number of hydrogen-bond acceptors (Lipinski definition) is 3. The predicted molar refractivity (Wildman–Crippen MR) is 67.0 cm³/mol. The quantitative estimate of drug-likeness (QED) is 0.778. The minimum absolute atomic E-state index is 0.421. The van der Waals surface area contributed by atoms with E-state index in [-0.39, 0.29) is 0 Å². The Labute approximate surface area is 103 Å². The minimum Gasteiger partial charge on any atom is -0.480 e. The van der Waals surface area contributed by atoms with Crippen molar-refractivity contribution in [3.8, 4) is 0 Å². The SMILES string of the molecule is CNC(CN1CCC[C@H]2CCCC[C@H]21)C(=O)O. The number of hydrogen-bond donors (Lipinski definition) is 2. The van der Waals surface area contributed by atoms with Gasteiger partial charge in [0.1, 0.15) is 6.04 Å². The van der Waals surface area contributed by atoms with Crippen LogP contribution < -0.4 is 5.32 Å². The summed E-state index contributed by atoms with van der Waals surface area (Å²) in [5.41, 5.74) is 0. The molecule has 4 heteroatoms. The summed E-state index contributed by atoms with van der Waals surface area (Å²) in [6, 6.07) is 0.225. The lowest BCUT2D eigenvalue weighted by molar-refractivity contribution is -0.140. The first-order chi connectivity index (χ1) is 8.22. The van der Waals surface area contributed by atoms with Gasteiger partial charge in [0.25, 0.3) is 0 Å². The Bertz CT molecular complexity index is 268. The zero-order valence-electron chi connectivity index (χ0n) is 10.7. The number of piperidine rings is 1. The monoisotopic (exact) mass is 240 g/mol. The normalized spacial score (nSPS) is 31.8. The lowest BCUT2D eigenvalue weighted by atomic mass is 9.78. The van der Waals surface area contributed by atoms with E-state index in [9.17, 15) is 4.79 Å². The van der Waals surface area contributed by atoms with Gasteiger partial charge in [-0.3, -0.25) is 9.69 Å². The number of carboxylic acids is 1. The second-order valence-corrected chi connectivity index (χ2v) is 5.43. The van der Waals surface area contributed by atoms with Gasteiger partial charge >= 0.3 is 5.97 Å². The maximum Gasteiger partial charge on any atom is 0.322 e. The highest BCUT2D eigenvalue weighted by Gasteiger charge is 2.34. The van der Waals surface area contributed by atoms with E-state index in [0.717, 1.165) is 12.5 Å². The van der Waals surface area contributed by atoms with Crippen molar-refractivity contribution < 1.29 is 9.90 Å². The van der Waals surface area contributed by atoms with Crippen molar-refractivity contribution in [2.24, 2.45) is 5.92 Å². The number of rotatable bonds is 4. The molecular formula is C13H24N2O2. The fourth-order valence-electron chi connectivity index (χ4n) is 3.48. The van der Waals surface area contributed by atoms with Crippen molar-refractivity contribution in [1.82, 2.24) is 10.2 Å². The van der Waals surface area contributed by atoms with E-state index in [4.69, 9.17) is 5.11 Å². The van der Waals surface area contributed by atoms with Gasteiger partial charge < -0.3 is 10.4 Å². The van der Waals surface area contributed by atoms with Crippen molar-refractivity contribution in [3.63, 3.8) is 0 Å². The first-order valence-electron chi connectivity index (χ1n) is 6.86. The van der Waals surface area contributed by atoms with Crippen LogP contribution in [0.1, 0.15) is 38.5 Å². The molecule has 3 atom stereocenters. The molecule has 2 N–H and O–H groups in total. The third-order valence-corrected chi connectivity index (χ3v) is 4.42. The number of nitrogens with zero attached hydrogens (tertiary/aromatic N) is 1. The highest BCUT2D eigenvalue weighted by molar-refractivity contribution is 5.73. The summed E-state index contributed by atoms with van der Waals surface area (Å²) in [4.78, 5) is 13.5. The number of fused-ring (bicyclic) bond motifs is 1. The molecule has 17 heavy (non-hydrogen) atoms. The molecule has 4 nitrogen and oxygen atoms in total. The molecule has 1 heterocycles. The Morgan fingerprint density at radius 3 is 2.76 bits per heavy atom. The van der Waals surface area contributed by atoms with Gasteiger partial charge in [0.15, 0.2) is 0 Å². The molecule has 0 aromatic rings. The zero-order chi connectivity index (χ0) is 12.3. The van der Waals surface area contributed by atoms with Crippen LogP contribution in [0.2, 0.25) is 0 Å². The fourth-order valence-corrected chi connectivity index (χ4v) is 3.48. The Kier molecular flexibility index (Phi) is 4.40. The lowest BCUT2D eigenvalue weighted by Crippen LogP contribution is -2.53. The Morgan fingerprint density at radius 2 is 2.06 bits per heavy atom. The van der Waals surface area contributed by atoms with Gasteiger partial charge in [-0.25, -0.2) is 0 Å². The van der Waals surface area contributed by atoms with Crippen molar-refractivity contribution in [2.45, 2.75) is 50.6 Å². The zero-order valence-corrected chi connectivity index (χ0v) is 10.7. The topological polar surface area (TPSA) is 52.6 Å². The van der Waals surface area contributed by atoms with Crippen LogP contribution in [0.25, 0.3) is 0 Å². The highest BCUT2D eigenvalue weighted by atomic mass is 16.4. The largest absolute Gasteiger partial charge is 0.480 e. The first kappa shape index (κ1) is 12.8. The number of likely N-dealkylation sites (tertiary alicyclic amines) is 1. The van der Waals surface area contributed by atoms with Crippen LogP contribution in [0.4, 0.5) is 0 Å². The summed E-state index contributed by atoms with van der Waals surface area (Å²) in [7, 11) is 1.74. The standard InChI is InChI=1S/C13H24N2O2/c1-14-11(13(16)17)9-15-8-4-6-10-5-2-3-7-12(10)15/h10-12,14H,2-9H2,1H3,(H,16,17)/t10-,11?,12-/m1/s1. The van der Waals surface area contributed by atoms with Crippen molar-refractivity contribution in [3.05, 3.63) is 0 Å². The van der Waals surface area contributed by atoms with Gasteiger partial charge in [0.05, 0.1) is 0 Å². The van der Waals surface area contributed by atoms with E-state index in [1.165, 1.54) is 38.5 Å². The van der Waals surface area contributed by atoms with Crippen LogP contribution >= 0.6 is 0 Å². The molecule has 98 valence electrons. The van der Waals surface area contributed by atoms with Gasteiger partial charge in [-0.15, -0.1) is 0 Å². The smallest absolute Gasteiger partial charge is 0.322 e. The number of carboxylic acid groups (broad SMARTS) is 1. The maximum absolute atomic E-state index is 11.1. The molecule has 1 aliphatic carbocycles. The van der Waals surface area contributed by atoms with E-state index >= 15 is 0 Å². The van der Waals surface area contributed by atoms with E-state index in [0.29, 0.717) is 12.6 Å². The van der Waals surface area contributed by atoms with Crippen LogP contribution in [-0.4, -0.2) is 48.2 Å². The maximum atomic E-state index is 11.1. The molecule has 1 aliphatic heterocycles. The molecule has 1 unspecified atom stereocenters. The van der Waals surface area contributed by atoms with Crippen LogP contribution in [0.15, 0.2) is 0 Å². The second-order valence-electron chi connectivity index (χ2n) is 5.43. The van der Waals surface area contributed by atoms with Crippen LogP contribution in [-0.2, 0) is 4.79 Å². The number of carbonyl (C=O) groups is 1. The number of likely N-dealkylation sites (N-methyl/N-ethyl adjacent to an activating group) is 1. The van der Waals surface area contributed by atoms with Gasteiger partial charge in [0.2, 0.25) is 0 Å². The molecule has 2 rings (SSSR count). The summed E-state index contributed by atoms with van der Waals surface area (Å²) >= 11 is 0. The molecule has 0 bridgehead atoms. The average Bonchev–Trinajstić information content (AvgIpc) is 2.35. The summed E-state index contributed by atoms with van der Waals surface area (Å²) in [5, 5.41) is 12.0. The lowest BCUT2D eigenvalue weighted by Gasteiger charge is -2.44. The molecule has 2 fully saturated rings. The molecule has 1 saturated heterocycles. The molecule has 0 aromatic carbocycles. The summed E-state index contributed by atoms with van der Waals surface area (Å²) in [5.74, 6) is 0.0919. The minimum atomic E-state index is -0.731. The van der Waals surface area contributed by atoms with Gasteiger partial charge in [-0.2, -0.15) is 0 Å². The van der Waals surface area contributed by atoms with Crippen LogP contribution in [0.5, 0.6) is 0 Å². The van der Waals surface area contributed by atoms with Crippen molar-refractivity contribution in [2.75, 3.05) is 20.1 Å². The van der Waals surface area contributed by atoms with Crippen LogP contribution in [0.3, 0.4) is 0 Å². The predicted octanol–water partition coefficient (Wildman–Crippen LogP) is 1.31. The molecule has 0 aromatic heterocycles. The van der Waals surface area contributed by atoms with Gasteiger partial charge in [-0.05, 0) is 45.2 Å². The van der Waals surface area contributed by atoms with E-state index in [1.54, 1.807) is 7.05 Å². The van der Waals surface area contributed by atoms with E-state index in [2.05, 4.69) is 10.2 Å². The Morgan fingerprint density at radius 1 is 1.35 bits per heavy atom. The van der Waals surface area contributed by atoms with Crippen molar-refractivity contribution in [1.29, 1.82) is 0 Å². The van der Waals surface area contributed by atoms with E-state index in [1.807, 2.05) is 0 Å². The second kappa shape index (κ2) is 5.83. The molecule has 0 spiro atoms. The summed E-state index contributed by atoms with van der Waals surface area (Å²) in [6.07, 6.45) is 7.87. The summed E-state index contributed by atoms with van der Waals surface area (Å²) in [6.45, 7) is 1.74. The molecule has 2 aliphatic rings. The van der Waals surface area contributed by atoms with Gasteiger partial charge in [-0.1, -0.05) is 12.8 Å². The molecule has 0 radical (unpaired) electrons. The number of aliphatic carboxylic acids is 1. The Hall–Kier alpha value is -0.610. The van der Waals surface area contributed by atoms with Crippen LogP contribution in [0, 0.1) is 5.92 Å². The van der Waals surface area contributed by atoms with Crippen molar-refractivity contribution >= 4 is 5.97 Å². The Balaban J connectivity index is 1.96. The number of nitrogens with one attached hydrogen (secondary N) is 1. The summed E-state index contributed by atoms with van der Waals surface area (Å²) < 4.78 is 0. The molecule has 0 amide bonds. The highest BCUT2D eigenvalue weighted by Crippen LogP contribution is 2.35.